The number of anilines is 1. The molecule has 1 atom stereocenters. The van der Waals surface area contributed by atoms with Crippen LogP contribution in [0.15, 0.2) is 76.5 Å². The number of rotatable bonds is 8. The van der Waals surface area contributed by atoms with Crippen LogP contribution in [0.2, 0.25) is 10.0 Å². The number of benzene rings is 3. The zero-order valence-corrected chi connectivity index (χ0v) is 22.3. The molecule has 3 aromatic carbocycles. The summed E-state index contributed by atoms with van der Waals surface area (Å²) in [6.07, 6.45) is 1.11. The van der Waals surface area contributed by atoms with E-state index in [-0.39, 0.29) is 25.5 Å². The van der Waals surface area contributed by atoms with E-state index in [2.05, 4.69) is 5.32 Å². The third kappa shape index (κ3) is 6.55. The van der Waals surface area contributed by atoms with Gasteiger partial charge in [0.2, 0.25) is 5.91 Å². The Morgan fingerprint density at radius 3 is 2.00 bits per heavy atom. The van der Waals surface area contributed by atoms with Gasteiger partial charge < -0.3 is 5.32 Å². The molecular weight excluding hydrogens is 531 g/mol. The largest absolute Gasteiger partial charge is 0.348 e. The molecule has 35 heavy (non-hydrogen) atoms. The van der Waals surface area contributed by atoms with Crippen molar-refractivity contribution in [1.82, 2.24) is 5.32 Å². The summed E-state index contributed by atoms with van der Waals surface area (Å²) in [4.78, 5) is 13.1. The fourth-order valence-corrected chi connectivity index (χ4v) is 5.63. The third-order valence-electron chi connectivity index (χ3n) is 5.27. The van der Waals surface area contributed by atoms with E-state index in [9.17, 15) is 21.6 Å². The summed E-state index contributed by atoms with van der Waals surface area (Å²) in [6.45, 7) is 3.04. The van der Waals surface area contributed by atoms with Gasteiger partial charge in [0.15, 0.2) is 9.84 Å². The summed E-state index contributed by atoms with van der Waals surface area (Å²) in [5, 5.41) is 3.15. The van der Waals surface area contributed by atoms with Crippen molar-refractivity contribution in [1.29, 1.82) is 0 Å². The van der Waals surface area contributed by atoms with Gasteiger partial charge in [-0.3, -0.25) is 9.10 Å². The topological polar surface area (TPSA) is 101 Å². The van der Waals surface area contributed by atoms with Crippen LogP contribution < -0.4 is 9.62 Å². The van der Waals surface area contributed by atoms with Gasteiger partial charge in [0.25, 0.3) is 10.0 Å². The molecule has 1 N–H and O–H groups in total. The van der Waals surface area contributed by atoms with Gasteiger partial charge in [-0.25, -0.2) is 16.8 Å². The maximum Gasteiger partial charge on any atom is 0.264 e. The minimum Gasteiger partial charge on any atom is -0.348 e. The summed E-state index contributed by atoms with van der Waals surface area (Å²) in [5.41, 5.74) is 1.73. The van der Waals surface area contributed by atoms with E-state index < -0.39 is 38.4 Å². The number of nitrogens with zero attached hydrogens (tertiary/aromatic N) is 1. The van der Waals surface area contributed by atoms with Crippen LogP contribution in [0, 0.1) is 6.92 Å². The second kappa shape index (κ2) is 10.6. The van der Waals surface area contributed by atoms with E-state index in [1.165, 1.54) is 42.5 Å². The number of halogens is 2. The molecule has 0 bridgehead atoms. The Bertz CT molecular complexity index is 1440. The second-order valence-electron chi connectivity index (χ2n) is 8.05. The molecule has 7 nitrogen and oxygen atoms in total. The molecule has 0 spiro atoms. The van der Waals surface area contributed by atoms with Crippen molar-refractivity contribution in [2.45, 2.75) is 29.7 Å². The molecule has 0 fully saturated rings. The lowest BCUT2D eigenvalue weighted by atomic mass is 10.1. The number of hydrogen-bond acceptors (Lipinski definition) is 5. The number of hydrogen-bond donors (Lipinski definition) is 1. The molecule has 0 radical (unpaired) electrons. The van der Waals surface area contributed by atoms with Crippen LogP contribution in [0.4, 0.5) is 5.69 Å². The molecule has 0 aromatic heterocycles. The Balaban J connectivity index is 1.89. The summed E-state index contributed by atoms with van der Waals surface area (Å²) < 4.78 is 51.3. The highest BCUT2D eigenvalue weighted by molar-refractivity contribution is 7.93. The smallest absolute Gasteiger partial charge is 0.264 e. The summed E-state index contributed by atoms with van der Waals surface area (Å²) in [6, 6.07) is 16.2. The highest BCUT2D eigenvalue weighted by atomic mass is 35.5. The van der Waals surface area contributed by atoms with Gasteiger partial charge in [0.05, 0.1) is 31.6 Å². The molecule has 11 heteroatoms. The van der Waals surface area contributed by atoms with Crippen molar-refractivity contribution in [2.75, 3.05) is 17.1 Å². The van der Waals surface area contributed by atoms with E-state index in [0.717, 1.165) is 16.1 Å². The van der Waals surface area contributed by atoms with E-state index in [4.69, 9.17) is 23.2 Å². The molecular formula is C24H24Cl2N2O5S2. The van der Waals surface area contributed by atoms with Crippen molar-refractivity contribution < 1.29 is 21.6 Å². The molecule has 0 saturated heterocycles. The van der Waals surface area contributed by atoms with Gasteiger partial charge in [-0.15, -0.1) is 0 Å². The molecule has 0 aliphatic carbocycles. The van der Waals surface area contributed by atoms with E-state index in [0.29, 0.717) is 5.56 Å². The van der Waals surface area contributed by atoms with E-state index in [1.54, 1.807) is 31.2 Å². The first-order valence-corrected chi connectivity index (χ1v) is 14.5. The minimum absolute atomic E-state index is 0.0198. The number of sulfone groups is 1. The van der Waals surface area contributed by atoms with Crippen LogP contribution in [0.1, 0.15) is 24.1 Å². The van der Waals surface area contributed by atoms with Gasteiger partial charge in [-0.1, -0.05) is 53.0 Å². The van der Waals surface area contributed by atoms with Crippen molar-refractivity contribution in [3.05, 3.63) is 87.9 Å². The molecule has 0 aliphatic heterocycles. The lowest BCUT2D eigenvalue weighted by Gasteiger charge is -2.25. The van der Waals surface area contributed by atoms with Crippen LogP contribution >= 0.6 is 23.2 Å². The number of carbonyl (C=O) groups excluding carboxylic acids is 1. The third-order valence-corrected chi connectivity index (χ3v) is 8.93. The summed E-state index contributed by atoms with van der Waals surface area (Å²) >= 11 is 12.1. The summed E-state index contributed by atoms with van der Waals surface area (Å²) in [7, 11) is -7.46. The number of carbonyl (C=O) groups is 1. The monoisotopic (exact) mass is 554 g/mol. The lowest BCUT2D eigenvalue weighted by molar-refractivity contribution is -0.120. The SMILES string of the molecule is Cc1ccc(S(=O)(=O)N(CC(=O)N[C@H](C)c2ccc(S(C)(=O)=O)cc2)c2ccc(Cl)c(Cl)c2)cc1. The van der Waals surface area contributed by atoms with Crippen LogP contribution in [0.3, 0.4) is 0 Å². The number of sulfonamides is 1. The van der Waals surface area contributed by atoms with E-state index >= 15 is 0 Å². The maximum absolute atomic E-state index is 13.5. The van der Waals surface area contributed by atoms with Crippen molar-refractivity contribution >= 4 is 54.7 Å². The normalized spacial score (nSPS) is 12.7. The number of amides is 1. The van der Waals surface area contributed by atoms with Crippen LogP contribution in [-0.4, -0.2) is 35.5 Å². The highest BCUT2D eigenvalue weighted by Gasteiger charge is 2.28. The van der Waals surface area contributed by atoms with E-state index in [1.807, 2.05) is 6.92 Å². The average molecular weight is 556 g/mol. The molecule has 0 saturated carbocycles. The predicted molar refractivity (Wildman–Crippen MR) is 138 cm³/mol. The fourth-order valence-electron chi connectivity index (χ4n) is 3.30. The van der Waals surface area contributed by atoms with Crippen LogP contribution in [-0.2, 0) is 24.7 Å². The van der Waals surface area contributed by atoms with Crippen LogP contribution in [0.5, 0.6) is 0 Å². The van der Waals surface area contributed by atoms with Gasteiger partial charge in [-0.2, -0.15) is 0 Å². The molecule has 0 unspecified atom stereocenters. The molecule has 3 aromatic rings. The molecule has 3 rings (SSSR count). The lowest BCUT2D eigenvalue weighted by Crippen LogP contribution is -2.41. The molecule has 1 amide bonds. The zero-order chi connectivity index (χ0) is 26.0. The van der Waals surface area contributed by atoms with Crippen molar-refractivity contribution in [2.24, 2.45) is 0 Å². The number of aryl methyl sites for hydroxylation is 1. The van der Waals surface area contributed by atoms with Crippen LogP contribution in [0.25, 0.3) is 0 Å². The van der Waals surface area contributed by atoms with Gasteiger partial charge in [0, 0.05) is 6.26 Å². The quantitative estimate of drug-likeness (QED) is 0.431. The summed E-state index contributed by atoms with van der Waals surface area (Å²) in [5.74, 6) is -0.563. The Morgan fingerprint density at radius 1 is 0.886 bits per heavy atom. The molecule has 186 valence electrons. The first-order chi connectivity index (χ1) is 16.3. The second-order valence-corrected chi connectivity index (χ2v) is 12.7. The van der Waals surface area contributed by atoms with Crippen molar-refractivity contribution in [3.63, 3.8) is 0 Å². The predicted octanol–water partition coefficient (Wildman–Crippen LogP) is 4.78. The maximum atomic E-state index is 13.5. The first kappa shape index (κ1) is 27.0. The van der Waals surface area contributed by atoms with Crippen molar-refractivity contribution in [3.8, 4) is 0 Å². The van der Waals surface area contributed by atoms with Gasteiger partial charge >= 0.3 is 0 Å². The highest BCUT2D eigenvalue weighted by Crippen LogP contribution is 2.30. The van der Waals surface area contributed by atoms with Gasteiger partial charge in [0.1, 0.15) is 6.54 Å². The Labute approximate surface area is 215 Å². The molecule has 0 aliphatic rings. The van der Waals surface area contributed by atoms with Gasteiger partial charge in [-0.05, 0) is 61.9 Å². The standard InChI is InChI=1S/C24H24Cl2N2O5S2/c1-16-4-9-21(10-5-16)35(32,33)28(19-8-13-22(25)23(26)14-19)15-24(29)27-17(2)18-6-11-20(12-7-18)34(3,30)31/h4-14,17H,15H2,1-3H3,(H,27,29)/t17-/m1/s1. The Morgan fingerprint density at radius 2 is 1.46 bits per heavy atom. The average Bonchev–Trinajstić information content (AvgIpc) is 2.79. The Hall–Kier alpha value is -2.59. The Kier molecular flexibility index (Phi) is 8.16. The minimum atomic E-state index is -4.11. The fraction of sp³-hybridized carbons (Fsp3) is 0.208. The first-order valence-electron chi connectivity index (χ1n) is 10.4. The number of nitrogens with one attached hydrogen (secondary N) is 1. The molecule has 0 heterocycles. The zero-order valence-electron chi connectivity index (χ0n) is 19.2.